The molecule has 4 heteroatoms. The molecule has 3 nitrogen and oxygen atoms in total. The molecule has 0 bridgehead atoms. The van der Waals surface area contributed by atoms with Crippen LogP contribution in [0.3, 0.4) is 0 Å². The molecule has 2 heterocycles. The van der Waals surface area contributed by atoms with Crippen LogP contribution in [0.1, 0.15) is 70.1 Å². The fourth-order valence-electron chi connectivity index (χ4n) is 2.71. The second-order valence-electron chi connectivity index (χ2n) is 5.52. The van der Waals surface area contributed by atoms with Crippen molar-refractivity contribution < 1.29 is 0 Å². The van der Waals surface area contributed by atoms with Crippen molar-refractivity contribution in [1.82, 2.24) is 14.5 Å². The first-order valence-electron chi connectivity index (χ1n) is 7.61. The summed E-state index contributed by atoms with van der Waals surface area (Å²) < 4.78 is 2.29. The van der Waals surface area contributed by atoms with Crippen LogP contribution >= 0.6 is 11.6 Å². The molecule has 0 spiro atoms. The Morgan fingerprint density at radius 2 is 2.05 bits per heavy atom. The lowest BCUT2D eigenvalue weighted by atomic mass is 10.1. The highest BCUT2D eigenvalue weighted by Gasteiger charge is 2.18. The van der Waals surface area contributed by atoms with E-state index in [2.05, 4.69) is 28.4 Å². The Kier molecular flexibility index (Phi) is 5.41. The van der Waals surface area contributed by atoms with Crippen LogP contribution in [-0.4, -0.2) is 14.5 Å². The molecule has 0 saturated heterocycles. The number of rotatable bonds is 7. The zero-order chi connectivity index (χ0) is 14.5. The minimum absolute atomic E-state index is 0.0829. The summed E-state index contributed by atoms with van der Waals surface area (Å²) in [6.45, 7) is 6.49. The SMILES string of the molecule is CCCCCCC(C)n1c(C(C)Cl)nc2cnccc21. The molecule has 0 aliphatic heterocycles. The average Bonchev–Trinajstić information content (AvgIpc) is 2.83. The minimum Gasteiger partial charge on any atom is -0.324 e. The maximum atomic E-state index is 6.30. The van der Waals surface area contributed by atoms with E-state index in [0.717, 1.165) is 16.9 Å². The summed E-state index contributed by atoms with van der Waals surface area (Å²) in [6, 6.07) is 2.46. The lowest BCUT2D eigenvalue weighted by Crippen LogP contribution is -2.10. The van der Waals surface area contributed by atoms with Gasteiger partial charge in [0, 0.05) is 12.2 Å². The van der Waals surface area contributed by atoms with Crippen molar-refractivity contribution in [2.45, 2.75) is 64.3 Å². The first kappa shape index (κ1) is 15.3. The van der Waals surface area contributed by atoms with Gasteiger partial charge >= 0.3 is 0 Å². The van der Waals surface area contributed by atoms with Gasteiger partial charge in [-0.25, -0.2) is 4.98 Å². The largest absolute Gasteiger partial charge is 0.324 e. The molecule has 0 fully saturated rings. The molecule has 0 aliphatic rings. The van der Waals surface area contributed by atoms with E-state index in [0.29, 0.717) is 6.04 Å². The van der Waals surface area contributed by atoms with E-state index in [9.17, 15) is 0 Å². The molecule has 2 rings (SSSR count). The molecule has 0 N–H and O–H groups in total. The van der Waals surface area contributed by atoms with Crippen LogP contribution < -0.4 is 0 Å². The van der Waals surface area contributed by atoms with Gasteiger partial charge in [0.15, 0.2) is 0 Å². The van der Waals surface area contributed by atoms with E-state index in [-0.39, 0.29) is 5.38 Å². The van der Waals surface area contributed by atoms with E-state index in [1.54, 1.807) is 0 Å². The molecule has 0 saturated carbocycles. The van der Waals surface area contributed by atoms with Crippen molar-refractivity contribution in [3.8, 4) is 0 Å². The minimum atomic E-state index is -0.0829. The Bertz CT molecular complexity index is 548. The van der Waals surface area contributed by atoms with Crippen LogP contribution in [0.5, 0.6) is 0 Å². The third kappa shape index (κ3) is 3.32. The van der Waals surface area contributed by atoms with Crippen molar-refractivity contribution in [3.63, 3.8) is 0 Å². The molecule has 2 aromatic rings. The van der Waals surface area contributed by atoms with Gasteiger partial charge in [0.2, 0.25) is 0 Å². The van der Waals surface area contributed by atoms with Crippen LogP contribution in [0.25, 0.3) is 11.0 Å². The Morgan fingerprint density at radius 3 is 2.75 bits per heavy atom. The first-order chi connectivity index (χ1) is 9.65. The molecule has 0 aliphatic carbocycles. The maximum Gasteiger partial charge on any atom is 0.128 e. The number of fused-ring (bicyclic) bond motifs is 1. The van der Waals surface area contributed by atoms with Gasteiger partial charge in [0.1, 0.15) is 11.3 Å². The van der Waals surface area contributed by atoms with Crippen molar-refractivity contribution in [2.75, 3.05) is 0 Å². The smallest absolute Gasteiger partial charge is 0.128 e. The molecular formula is C16H24ClN3. The summed E-state index contributed by atoms with van der Waals surface area (Å²) in [5.41, 5.74) is 2.08. The average molecular weight is 294 g/mol. The van der Waals surface area contributed by atoms with E-state index >= 15 is 0 Å². The standard InChI is InChI=1S/C16H24ClN3/c1-4-5-6-7-8-12(2)20-15-9-10-18-11-14(15)19-16(20)13(3)17/h9-13H,4-8H2,1-3H3. The molecular weight excluding hydrogens is 270 g/mol. The lowest BCUT2D eigenvalue weighted by Gasteiger charge is -2.18. The molecule has 0 amide bonds. The topological polar surface area (TPSA) is 30.7 Å². The van der Waals surface area contributed by atoms with Gasteiger partial charge in [-0.15, -0.1) is 11.6 Å². The monoisotopic (exact) mass is 293 g/mol. The molecule has 2 unspecified atom stereocenters. The van der Waals surface area contributed by atoms with Gasteiger partial charge in [-0.2, -0.15) is 0 Å². The van der Waals surface area contributed by atoms with Gasteiger partial charge in [-0.1, -0.05) is 32.6 Å². The first-order valence-corrected chi connectivity index (χ1v) is 8.04. The zero-order valence-corrected chi connectivity index (χ0v) is 13.4. The van der Waals surface area contributed by atoms with Gasteiger partial charge < -0.3 is 4.57 Å². The van der Waals surface area contributed by atoms with Crippen LogP contribution in [0, 0.1) is 0 Å². The fraction of sp³-hybridized carbons (Fsp3) is 0.625. The summed E-state index contributed by atoms with van der Waals surface area (Å²) in [7, 11) is 0. The fourth-order valence-corrected chi connectivity index (χ4v) is 2.86. The highest BCUT2D eigenvalue weighted by Crippen LogP contribution is 2.29. The molecule has 2 atom stereocenters. The van der Waals surface area contributed by atoms with E-state index in [1.807, 2.05) is 25.4 Å². The quantitative estimate of drug-likeness (QED) is 0.515. The number of pyridine rings is 1. The summed E-state index contributed by atoms with van der Waals surface area (Å²) in [6.07, 6.45) is 9.98. The Morgan fingerprint density at radius 1 is 1.25 bits per heavy atom. The number of imidazole rings is 1. The predicted molar refractivity (Wildman–Crippen MR) is 85.3 cm³/mol. The molecule has 110 valence electrons. The van der Waals surface area contributed by atoms with Crippen LogP contribution in [0.4, 0.5) is 0 Å². The summed E-state index contributed by atoms with van der Waals surface area (Å²) in [4.78, 5) is 8.80. The van der Waals surface area contributed by atoms with E-state index in [1.165, 1.54) is 32.1 Å². The summed E-state index contributed by atoms with van der Waals surface area (Å²) in [5, 5.41) is -0.0829. The Hall–Kier alpha value is -1.09. The lowest BCUT2D eigenvalue weighted by molar-refractivity contribution is 0.468. The van der Waals surface area contributed by atoms with Crippen molar-refractivity contribution in [3.05, 3.63) is 24.3 Å². The van der Waals surface area contributed by atoms with E-state index in [4.69, 9.17) is 11.6 Å². The van der Waals surface area contributed by atoms with Gasteiger partial charge in [0.05, 0.1) is 17.1 Å². The number of hydrogen-bond donors (Lipinski definition) is 0. The summed E-state index contributed by atoms with van der Waals surface area (Å²) in [5.74, 6) is 0.956. The van der Waals surface area contributed by atoms with E-state index < -0.39 is 0 Å². The second kappa shape index (κ2) is 7.07. The highest BCUT2D eigenvalue weighted by atomic mass is 35.5. The number of halogens is 1. The number of unbranched alkanes of at least 4 members (excludes halogenated alkanes) is 3. The number of alkyl halides is 1. The molecule has 0 aromatic carbocycles. The Balaban J connectivity index is 2.24. The number of nitrogens with zero attached hydrogens (tertiary/aromatic N) is 3. The third-order valence-corrected chi connectivity index (χ3v) is 3.99. The van der Waals surface area contributed by atoms with Crippen molar-refractivity contribution in [2.24, 2.45) is 0 Å². The van der Waals surface area contributed by atoms with Gasteiger partial charge in [-0.3, -0.25) is 4.98 Å². The summed E-state index contributed by atoms with van der Waals surface area (Å²) >= 11 is 6.30. The second-order valence-corrected chi connectivity index (χ2v) is 6.17. The molecule has 0 radical (unpaired) electrons. The number of aromatic nitrogens is 3. The van der Waals surface area contributed by atoms with Gasteiger partial charge in [-0.05, 0) is 26.3 Å². The Labute approximate surface area is 126 Å². The maximum absolute atomic E-state index is 6.30. The van der Waals surface area contributed by atoms with Crippen LogP contribution in [-0.2, 0) is 0 Å². The molecule has 20 heavy (non-hydrogen) atoms. The van der Waals surface area contributed by atoms with Crippen LogP contribution in [0.15, 0.2) is 18.5 Å². The number of hydrogen-bond acceptors (Lipinski definition) is 2. The zero-order valence-electron chi connectivity index (χ0n) is 12.6. The highest BCUT2D eigenvalue weighted by molar-refractivity contribution is 6.20. The normalized spacial score (nSPS) is 14.6. The molecule has 2 aromatic heterocycles. The van der Waals surface area contributed by atoms with Crippen LogP contribution in [0.2, 0.25) is 0 Å². The van der Waals surface area contributed by atoms with Crippen molar-refractivity contribution in [1.29, 1.82) is 0 Å². The van der Waals surface area contributed by atoms with Crippen molar-refractivity contribution >= 4 is 22.6 Å². The predicted octanol–water partition coefficient (Wildman–Crippen LogP) is 5.26. The third-order valence-electron chi connectivity index (χ3n) is 3.79. The van der Waals surface area contributed by atoms with Gasteiger partial charge in [0.25, 0.3) is 0 Å².